The first kappa shape index (κ1) is 13.1. The van der Waals surface area contributed by atoms with Crippen molar-refractivity contribution < 1.29 is 19.4 Å². The van der Waals surface area contributed by atoms with Gasteiger partial charge in [-0.25, -0.2) is 4.98 Å². The highest BCUT2D eigenvalue weighted by Gasteiger charge is 2.17. The second kappa shape index (κ2) is 5.14. The number of pyridine rings is 1. The highest BCUT2D eigenvalue weighted by atomic mass is 16.5. The number of rotatable bonds is 4. The van der Waals surface area contributed by atoms with Gasteiger partial charge in [0, 0.05) is 5.39 Å². The molecule has 0 radical (unpaired) electrons. The van der Waals surface area contributed by atoms with E-state index in [1.54, 1.807) is 45.4 Å². The number of carboxylic acid groups (broad SMARTS) is 1. The molecule has 0 aliphatic heterocycles. The predicted molar refractivity (Wildman–Crippen MR) is 70.9 cm³/mol. The second-order valence-corrected chi connectivity index (χ2v) is 4.16. The van der Waals surface area contributed by atoms with Crippen molar-refractivity contribution >= 4 is 16.9 Å². The van der Waals surface area contributed by atoms with Gasteiger partial charge in [0.15, 0.2) is 0 Å². The summed E-state index contributed by atoms with van der Waals surface area (Å²) in [4.78, 5) is 15.4. The van der Waals surface area contributed by atoms with Gasteiger partial charge in [-0.05, 0) is 31.2 Å². The fourth-order valence-corrected chi connectivity index (χ4v) is 1.89. The zero-order valence-corrected chi connectivity index (χ0v) is 11.0. The number of benzene rings is 1. The van der Waals surface area contributed by atoms with Crippen LogP contribution in [-0.2, 0) is 4.79 Å². The van der Waals surface area contributed by atoms with Gasteiger partial charge in [-0.3, -0.25) is 4.79 Å². The number of aromatic nitrogens is 1. The average molecular weight is 261 g/mol. The van der Waals surface area contributed by atoms with Crippen LogP contribution in [0.4, 0.5) is 0 Å². The number of carbonyl (C=O) groups is 1. The van der Waals surface area contributed by atoms with Gasteiger partial charge in [0.1, 0.15) is 17.0 Å². The summed E-state index contributed by atoms with van der Waals surface area (Å²) >= 11 is 0. The van der Waals surface area contributed by atoms with E-state index in [-0.39, 0.29) is 0 Å². The van der Waals surface area contributed by atoms with E-state index in [0.717, 1.165) is 5.39 Å². The van der Waals surface area contributed by atoms with E-state index in [0.29, 0.717) is 22.7 Å². The van der Waals surface area contributed by atoms with Crippen LogP contribution in [0.25, 0.3) is 10.9 Å². The second-order valence-electron chi connectivity index (χ2n) is 4.16. The molecule has 5 nitrogen and oxygen atoms in total. The molecule has 100 valence electrons. The molecule has 1 heterocycles. The van der Waals surface area contributed by atoms with Crippen LogP contribution < -0.4 is 9.47 Å². The van der Waals surface area contributed by atoms with Crippen molar-refractivity contribution in [3.63, 3.8) is 0 Å². The minimum absolute atomic E-state index is 0.492. The predicted octanol–water partition coefficient (Wildman–Crippen LogP) is 2.44. The van der Waals surface area contributed by atoms with Crippen molar-refractivity contribution in [1.29, 1.82) is 0 Å². The van der Waals surface area contributed by atoms with Crippen molar-refractivity contribution in [2.24, 2.45) is 0 Å². The fraction of sp³-hybridized carbons (Fsp3) is 0.286. The van der Waals surface area contributed by atoms with Gasteiger partial charge < -0.3 is 14.6 Å². The first-order chi connectivity index (χ1) is 9.08. The van der Waals surface area contributed by atoms with Crippen molar-refractivity contribution in [1.82, 2.24) is 4.98 Å². The first-order valence-corrected chi connectivity index (χ1v) is 5.83. The Hall–Kier alpha value is -2.30. The summed E-state index contributed by atoms with van der Waals surface area (Å²) in [7, 11) is 3.13. The Morgan fingerprint density at radius 2 is 1.79 bits per heavy atom. The summed E-state index contributed by atoms with van der Waals surface area (Å²) in [5, 5.41) is 9.83. The standard InChI is InChI=1S/C14H15NO4/c1-8(14(16)17)10-5-4-9-11(18-2)6-7-12(19-3)13(9)15-10/h4-8H,1-3H3,(H,16,17). The Balaban J connectivity index is 2.66. The van der Waals surface area contributed by atoms with Crippen LogP contribution in [0.1, 0.15) is 18.5 Å². The van der Waals surface area contributed by atoms with Crippen LogP contribution >= 0.6 is 0 Å². The van der Waals surface area contributed by atoms with E-state index in [2.05, 4.69) is 4.98 Å². The smallest absolute Gasteiger partial charge is 0.312 e. The Morgan fingerprint density at radius 3 is 2.37 bits per heavy atom. The van der Waals surface area contributed by atoms with Gasteiger partial charge in [-0.15, -0.1) is 0 Å². The Morgan fingerprint density at radius 1 is 1.16 bits per heavy atom. The molecule has 0 fully saturated rings. The summed E-state index contributed by atoms with van der Waals surface area (Å²) in [6, 6.07) is 7.05. The lowest BCUT2D eigenvalue weighted by molar-refractivity contribution is -0.138. The third kappa shape index (κ3) is 2.31. The largest absolute Gasteiger partial charge is 0.496 e. The summed E-state index contributed by atoms with van der Waals surface area (Å²) < 4.78 is 10.5. The molecule has 1 N–H and O–H groups in total. The van der Waals surface area contributed by atoms with Crippen molar-refractivity contribution in [2.45, 2.75) is 12.8 Å². The summed E-state index contributed by atoms with van der Waals surface area (Å²) in [5.41, 5.74) is 1.10. The lowest BCUT2D eigenvalue weighted by Crippen LogP contribution is -2.09. The lowest BCUT2D eigenvalue weighted by Gasteiger charge is -2.12. The molecule has 0 bridgehead atoms. The van der Waals surface area contributed by atoms with Crippen molar-refractivity contribution in [3.8, 4) is 11.5 Å². The average Bonchev–Trinajstić information content (AvgIpc) is 2.44. The number of hydrogen-bond donors (Lipinski definition) is 1. The molecule has 2 rings (SSSR count). The van der Waals surface area contributed by atoms with Gasteiger partial charge in [-0.2, -0.15) is 0 Å². The van der Waals surface area contributed by atoms with Crippen LogP contribution in [0.3, 0.4) is 0 Å². The van der Waals surface area contributed by atoms with Gasteiger partial charge in [0.25, 0.3) is 0 Å². The Kier molecular flexibility index (Phi) is 3.55. The monoisotopic (exact) mass is 261 g/mol. The van der Waals surface area contributed by atoms with Crippen molar-refractivity contribution in [3.05, 3.63) is 30.0 Å². The number of fused-ring (bicyclic) bond motifs is 1. The Bertz CT molecular complexity index is 624. The molecule has 0 aliphatic carbocycles. The van der Waals surface area contributed by atoms with Crippen LogP contribution in [-0.4, -0.2) is 30.3 Å². The highest BCUT2D eigenvalue weighted by Crippen LogP contribution is 2.32. The van der Waals surface area contributed by atoms with Crippen LogP contribution in [0, 0.1) is 0 Å². The Labute approximate surface area is 110 Å². The molecule has 1 aromatic heterocycles. The van der Waals surface area contributed by atoms with E-state index in [1.165, 1.54) is 0 Å². The molecule has 0 spiro atoms. The highest BCUT2D eigenvalue weighted by molar-refractivity contribution is 5.90. The molecular formula is C14H15NO4. The van der Waals surface area contributed by atoms with E-state index in [9.17, 15) is 4.79 Å². The topological polar surface area (TPSA) is 68.7 Å². The zero-order valence-electron chi connectivity index (χ0n) is 11.0. The molecule has 0 aliphatic rings. The molecule has 0 saturated carbocycles. The molecular weight excluding hydrogens is 246 g/mol. The summed E-state index contributed by atoms with van der Waals surface area (Å²) in [6.45, 7) is 1.60. The molecule has 19 heavy (non-hydrogen) atoms. The van der Waals surface area contributed by atoms with Crippen LogP contribution in [0.5, 0.6) is 11.5 Å². The molecule has 0 amide bonds. The van der Waals surface area contributed by atoms with E-state index in [1.807, 2.05) is 0 Å². The van der Waals surface area contributed by atoms with Crippen LogP contribution in [0.2, 0.25) is 0 Å². The molecule has 1 unspecified atom stereocenters. The quantitative estimate of drug-likeness (QED) is 0.915. The number of ether oxygens (including phenoxy) is 2. The molecule has 1 atom stereocenters. The minimum Gasteiger partial charge on any atom is -0.496 e. The van der Waals surface area contributed by atoms with Gasteiger partial charge in [-0.1, -0.05) is 0 Å². The molecule has 2 aromatic rings. The number of carboxylic acids is 1. The third-order valence-electron chi connectivity index (χ3n) is 3.06. The third-order valence-corrected chi connectivity index (χ3v) is 3.06. The summed E-state index contributed by atoms with van der Waals surface area (Å²) in [5.74, 6) is -0.304. The van der Waals surface area contributed by atoms with E-state index in [4.69, 9.17) is 14.6 Å². The maximum absolute atomic E-state index is 11.0. The van der Waals surface area contributed by atoms with E-state index >= 15 is 0 Å². The fourth-order valence-electron chi connectivity index (χ4n) is 1.89. The zero-order chi connectivity index (χ0) is 14.0. The summed E-state index contributed by atoms with van der Waals surface area (Å²) in [6.07, 6.45) is 0. The number of aliphatic carboxylic acids is 1. The maximum Gasteiger partial charge on any atom is 0.312 e. The van der Waals surface area contributed by atoms with E-state index < -0.39 is 11.9 Å². The number of methoxy groups -OCH3 is 2. The molecule has 1 aromatic carbocycles. The number of nitrogens with zero attached hydrogens (tertiary/aromatic N) is 1. The van der Waals surface area contributed by atoms with Gasteiger partial charge in [0.2, 0.25) is 0 Å². The SMILES string of the molecule is COc1ccc(OC)c2nc(C(C)C(=O)O)ccc12. The van der Waals surface area contributed by atoms with Gasteiger partial charge >= 0.3 is 5.97 Å². The molecule has 5 heteroatoms. The molecule has 0 saturated heterocycles. The first-order valence-electron chi connectivity index (χ1n) is 5.83. The normalized spacial score (nSPS) is 12.2. The maximum atomic E-state index is 11.0. The van der Waals surface area contributed by atoms with Crippen LogP contribution in [0.15, 0.2) is 24.3 Å². The lowest BCUT2D eigenvalue weighted by atomic mass is 10.1. The van der Waals surface area contributed by atoms with Crippen molar-refractivity contribution in [2.75, 3.05) is 14.2 Å². The number of hydrogen-bond acceptors (Lipinski definition) is 4. The van der Waals surface area contributed by atoms with Gasteiger partial charge in [0.05, 0.1) is 25.8 Å². The minimum atomic E-state index is -0.909.